The van der Waals surface area contributed by atoms with Crippen molar-refractivity contribution in [2.24, 2.45) is 0 Å². The quantitative estimate of drug-likeness (QED) is 0.428. The maximum absolute atomic E-state index is 13.2. The van der Waals surface area contributed by atoms with Gasteiger partial charge < -0.3 is 20.0 Å². The van der Waals surface area contributed by atoms with Crippen molar-refractivity contribution >= 4 is 51.6 Å². The van der Waals surface area contributed by atoms with E-state index in [1.807, 2.05) is 12.1 Å². The molecule has 2 aromatic carbocycles. The second-order valence-electron chi connectivity index (χ2n) is 8.40. The number of piperazine rings is 1. The number of pyridine rings is 1. The lowest BCUT2D eigenvalue weighted by molar-refractivity contribution is 0.168. The number of fused-ring (bicyclic) bond motifs is 1. The summed E-state index contributed by atoms with van der Waals surface area (Å²) in [7, 11) is 3.57. The summed E-state index contributed by atoms with van der Waals surface area (Å²) in [5, 5.41) is 4.63. The van der Waals surface area contributed by atoms with Crippen LogP contribution in [0.4, 0.5) is 17.3 Å². The molecule has 0 atom stereocenters. The topological polar surface area (TPSA) is 75.5 Å². The van der Waals surface area contributed by atoms with E-state index >= 15 is 0 Å². The Morgan fingerprint density at radius 3 is 2.40 bits per heavy atom. The van der Waals surface area contributed by atoms with Gasteiger partial charge in [-0.25, -0.2) is 4.98 Å². The molecule has 8 nitrogen and oxygen atoms in total. The molecule has 3 heterocycles. The Labute approximate surface area is 212 Å². The molecular formula is C25H24Cl2N6O2. The summed E-state index contributed by atoms with van der Waals surface area (Å²) in [4.78, 5) is 32.2. The van der Waals surface area contributed by atoms with Crippen molar-refractivity contribution in [1.82, 2.24) is 19.6 Å². The van der Waals surface area contributed by atoms with Crippen LogP contribution in [-0.4, -0.2) is 59.9 Å². The highest BCUT2D eigenvalue weighted by Crippen LogP contribution is 2.28. The Hall–Kier alpha value is -3.33. The van der Waals surface area contributed by atoms with Crippen LogP contribution >= 0.6 is 23.2 Å². The fourth-order valence-corrected chi connectivity index (χ4v) is 4.42. The van der Waals surface area contributed by atoms with E-state index in [4.69, 9.17) is 28.0 Å². The van der Waals surface area contributed by atoms with Crippen LogP contribution < -0.4 is 20.6 Å². The number of rotatable bonds is 5. The van der Waals surface area contributed by atoms with E-state index in [1.165, 1.54) is 12.8 Å². The van der Waals surface area contributed by atoms with E-state index in [2.05, 4.69) is 44.3 Å². The average Bonchev–Trinajstić information content (AvgIpc) is 2.86. The Bertz CT molecular complexity index is 1430. The third kappa shape index (κ3) is 4.77. The molecule has 0 amide bonds. The van der Waals surface area contributed by atoms with Crippen LogP contribution in [-0.2, 0) is 0 Å². The number of hydrogen-bond acceptors (Lipinski definition) is 7. The first-order chi connectivity index (χ1) is 16.9. The van der Waals surface area contributed by atoms with Crippen LogP contribution in [0.25, 0.3) is 22.2 Å². The van der Waals surface area contributed by atoms with E-state index in [9.17, 15) is 4.79 Å². The first-order valence-electron chi connectivity index (χ1n) is 11.2. The Balaban J connectivity index is 1.43. The average molecular weight is 511 g/mol. The van der Waals surface area contributed by atoms with Crippen molar-refractivity contribution in [3.63, 3.8) is 0 Å². The van der Waals surface area contributed by atoms with Crippen LogP contribution in [0, 0.1) is 0 Å². The molecule has 0 spiro atoms. The van der Waals surface area contributed by atoms with Crippen LogP contribution in [0.15, 0.2) is 59.5 Å². The molecule has 0 unspecified atom stereocenters. The van der Waals surface area contributed by atoms with Crippen LogP contribution in [0.2, 0.25) is 10.0 Å². The van der Waals surface area contributed by atoms with Crippen molar-refractivity contribution in [3.8, 4) is 11.1 Å². The third-order valence-electron chi connectivity index (χ3n) is 6.11. The highest BCUT2D eigenvalue weighted by Gasteiger charge is 2.16. The fourth-order valence-electron chi connectivity index (χ4n) is 4.12. The molecule has 0 radical (unpaired) electrons. The zero-order valence-electron chi connectivity index (χ0n) is 19.3. The van der Waals surface area contributed by atoms with Gasteiger partial charge >= 0.3 is 0 Å². The smallest absolute Gasteiger partial charge is 0.292 e. The van der Waals surface area contributed by atoms with Crippen LogP contribution in [0.3, 0.4) is 0 Å². The van der Waals surface area contributed by atoms with Gasteiger partial charge in [-0.1, -0.05) is 29.3 Å². The molecule has 0 bridgehead atoms. The number of nitrogens with zero attached hydrogens (tertiary/aromatic N) is 5. The lowest BCUT2D eigenvalue weighted by atomic mass is 10.1. The monoisotopic (exact) mass is 510 g/mol. The zero-order chi connectivity index (χ0) is 24.5. The number of hydrogen-bond donors (Lipinski definition) is 1. The summed E-state index contributed by atoms with van der Waals surface area (Å²) in [6.45, 7) is 4.13. The van der Waals surface area contributed by atoms with E-state index in [-0.39, 0.29) is 5.56 Å². The molecule has 1 saturated heterocycles. The molecule has 2 aromatic heterocycles. The number of aromatic nitrogens is 3. The molecule has 1 aliphatic rings. The summed E-state index contributed by atoms with van der Waals surface area (Å²) in [6, 6.07) is 14.9. The molecule has 5 rings (SSSR count). The van der Waals surface area contributed by atoms with E-state index in [1.54, 1.807) is 30.5 Å². The number of likely N-dealkylation sites (N-methyl/N-ethyl adjacent to an activating group) is 1. The van der Waals surface area contributed by atoms with E-state index < -0.39 is 0 Å². The molecule has 0 aliphatic carbocycles. The molecule has 1 fully saturated rings. The lowest BCUT2D eigenvalue weighted by Crippen LogP contribution is -2.44. The summed E-state index contributed by atoms with van der Waals surface area (Å²) < 4.78 is 1.15. The summed E-state index contributed by atoms with van der Waals surface area (Å²) in [6.07, 6.45) is 1.65. The third-order valence-corrected chi connectivity index (χ3v) is 6.85. The Morgan fingerprint density at radius 1 is 0.971 bits per heavy atom. The van der Waals surface area contributed by atoms with Gasteiger partial charge in [0.1, 0.15) is 7.11 Å². The predicted molar refractivity (Wildman–Crippen MR) is 141 cm³/mol. The Kier molecular flexibility index (Phi) is 6.51. The first kappa shape index (κ1) is 23.4. The molecule has 1 aliphatic heterocycles. The maximum atomic E-state index is 13.2. The van der Waals surface area contributed by atoms with E-state index in [0.717, 1.165) is 36.6 Å². The number of nitrogens with one attached hydrogen (secondary N) is 1. The SMILES string of the molecule is COn1c(=O)c(-c2ccc(Cl)c(Cl)c2)cc2cnc(Nc3ccc(N4CCN(C)CC4)cc3)nc21. The second-order valence-corrected chi connectivity index (χ2v) is 9.22. The molecule has 35 heavy (non-hydrogen) atoms. The van der Waals surface area contributed by atoms with Gasteiger partial charge in [-0.3, -0.25) is 4.79 Å². The van der Waals surface area contributed by atoms with Crippen molar-refractivity contribution < 1.29 is 4.84 Å². The highest BCUT2D eigenvalue weighted by atomic mass is 35.5. The summed E-state index contributed by atoms with van der Waals surface area (Å²) in [5.41, 5.74) is 3.06. The van der Waals surface area contributed by atoms with Gasteiger partial charge in [0.15, 0.2) is 5.65 Å². The number of anilines is 3. The van der Waals surface area contributed by atoms with Crippen LogP contribution in [0.1, 0.15) is 0 Å². The minimum absolute atomic E-state index is 0.355. The fraction of sp³-hybridized carbons (Fsp3) is 0.240. The van der Waals surface area contributed by atoms with Gasteiger partial charge in [-0.15, -0.1) is 4.73 Å². The molecular weight excluding hydrogens is 487 g/mol. The number of benzene rings is 2. The Morgan fingerprint density at radius 2 is 1.71 bits per heavy atom. The molecule has 1 N–H and O–H groups in total. The predicted octanol–water partition coefficient (Wildman–Crippen LogP) is 4.32. The van der Waals surface area contributed by atoms with Gasteiger partial charge in [0.2, 0.25) is 5.95 Å². The van der Waals surface area contributed by atoms with Gasteiger partial charge in [-0.05, 0) is 55.1 Å². The first-order valence-corrected chi connectivity index (χ1v) is 11.9. The molecule has 4 aromatic rings. The molecule has 180 valence electrons. The summed E-state index contributed by atoms with van der Waals surface area (Å²) in [5.74, 6) is 0.359. The maximum Gasteiger partial charge on any atom is 0.292 e. The number of halogens is 2. The standard InChI is InChI=1S/C25H24Cl2N6O2/c1-31-9-11-32(12-10-31)19-6-4-18(5-7-19)29-25-28-15-17-13-20(16-3-8-21(26)22(27)14-16)24(34)33(35-2)23(17)30-25/h3-8,13-15H,9-12H2,1-2H3,(H,28,29,30). The normalized spacial score (nSPS) is 14.3. The lowest BCUT2D eigenvalue weighted by Gasteiger charge is -2.34. The minimum atomic E-state index is -0.362. The molecule has 0 saturated carbocycles. The minimum Gasteiger partial charge on any atom is -0.412 e. The summed E-state index contributed by atoms with van der Waals surface area (Å²) >= 11 is 12.2. The van der Waals surface area contributed by atoms with Crippen molar-refractivity contribution in [3.05, 3.63) is 75.1 Å². The van der Waals surface area contributed by atoms with Crippen LogP contribution in [0.5, 0.6) is 0 Å². The zero-order valence-corrected chi connectivity index (χ0v) is 20.8. The largest absolute Gasteiger partial charge is 0.412 e. The van der Waals surface area contributed by atoms with E-state index in [0.29, 0.717) is 38.2 Å². The molecule has 10 heteroatoms. The van der Waals surface area contributed by atoms with Gasteiger partial charge in [0, 0.05) is 49.1 Å². The van der Waals surface area contributed by atoms with Crippen molar-refractivity contribution in [2.75, 3.05) is 50.6 Å². The van der Waals surface area contributed by atoms with Crippen molar-refractivity contribution in [1.29, 1.82) is 0 Å². The van der Waals surface area contributed by atoms with Gasteiger partial charge in [0.25, 0.3) is 5.56 Å². The van der Waals surface area contributed by atoms with Gasteiger partial charge in [-0.2, -0.15) is 4.98 Å². The van der Waals surface area contributed by atoms with Gasteiger partial charge in [0.05, 0.1) is 15.6 Å². The second kappa shape index (κ2) is 9.73. The van der Waals surface area contributed by atoms with Crippen molar-refractivity contribution in [2.45, 2.75) is 0 Å². The highest BCUT2D eigenvalue weighted by molar-refractivity contribution is 6.42.